The highest BCUT2D eigenvalue weighted by atomic mass is 16.5. The van der Waals surface area contributed by atoms with Crippen LogP contribution in [0.25, 0.3) is 5.69 Å². The summed E-state index contributed by atoms with van der Waals surface area (Å²) in [5.74, 6) is 0.773. The minimum Gasteiger partial charge on any atom is -0.497 e. The number of aliphatic hydroxyl groups is 1. The standard InChI is InChI=1S/C12H15N3O2/c1-9(16)6-10-8-15(14-13-10)11-4-3-5-12(7-11)17-2/h3-5,7-9,16H,6H2,1-2H3. The van der Waals surface area contributed by atoms with Crippen molar-refractivity contribution in [2.45, 2.75) is 19.4 Å². The molecule has 0 aliphatic carbocycles. The highest BCUT2D eigenvalue weighted by Crippen LogP contribution is 2.15. The maximum absolute atomic E-state index is 9.27. The van der Waals surface area contributed by atoms with Crippen molar-refractivity contribution in [1.29, 1.82) is 0 Å². The van der Waals surface area contributed by atoms with E-state index in [4.69, 9.17) is 4.74 Å². The maximum Gasteiger partial charge on any atom is 0.121 e. The molecule has 0 aliphatic rings. The molecule has 5 nitrogen and oxygen atoms in total. The van der Waals surface area contributed by atoms with E-state index >= 15 is 0 Å². The Hall–Kier alpha value is -1.88. The average Bonchev–Trinajstić information content (AvgIpc) is 2.77. The third-order valence-electron chi connectivity index (χ3n) is 2.36. The van der Waals surface area contributed by atoms with Crippen LogP contribution in [-0.4, -0.2) is 33.3 Å². The molecule has 0 fully saturated rings. The lowest BCUT2D eigenvalue weighted by molar-refractivity contribution is 0.194. The van der Waals surface area contributed by atoms with Gasteiger partial charge in [0, 0.05) is 12.5 Å². The van der Waals surface area contributed by atoms with E-state index in [0.717, 1.165) is 17.1 Å². The number of rotatable bonds is 4. The molecule has 5 heteroatoms. The van der Waals surface area contributed by atoms with Gasteiger partial charge in [-0.2, -0.15) is 0 Å². The van der Waals surface area contributed by atoms with Crippen molar-refractivity contribution in [3.8, 4) is 11.4 Å². The molecule has 1 aromatic carbocycles. The molecule has 0 radical (unpaired) electrons. The van der Waals surface area contributed by atoms with Crippen LogP contribution in [0, 0.1) is 0 Å². The number of aliphatic hydroxyl groups excluding tert-OH is 1. The summed E-state index contributed by atoms with van der Waals surface area (Å²) in [5, 5.41) is 17.3. The second-order valence-corrected chi connectivity index (χ2v) is 3.91. The van der Waals surface area contributed by atoms with Gasteiger partial charge in [0.2, 0.25) is 0 Å². The van der Waals surface area contributed by atoms with Crippen LogP contribution in [0.3, 0.4) is 0 Å². The first-order chi connectivity index (χ1) is 8.19. The van der Waals surface area contributed by atoms with E-state index in [0.29, 0.717) is 6.42 Å². The fraction of sp³-hybridized carbons (Fsp3) is 0.333. The van der Waals surface area contributed by atoms with Crippen LogP contribution >= 0.6 is 0 Å². The van der Waals surface area contributed by atoms with E-state index in [1.807, 2.05) is 30.5 Å². The lowest BCUT2D eigenvalue weighted by atomic mass is 10.2. The Labute approximate surface area is 99.7 Å². The van der Waals surface area contributed by atoms with Crippen molar-refractivity contribution in [3.63, 3.8) is 0 Å². The highest BCUT2D eigenvalue weighted by Gasteiger charge is 2.06. The predicted molar refractivity (Wildman–Crippen MR) is 63.3 cm³/mol. The number of hydrogen-bond donors (Lipinski definition) is 1. The minimum atomic E-state index is -0.412. The summed E-state index contributed by atoms with van der Waals surface area (Å²) >= 11 is 0. The summed E-state index contributed by atoms with van der Waals surface area (Å²) in [6.07, 6.45) is 1.90. The van der Waals surface area contributed by atoms with E-state index in [2.05, 4.69) is 10.3 Å². The summed E-state index contributed by atoms with van der Waals surface area (Å²) in [6.45, 7) is 1.73. The minimum absolute atomic E-state index is 0.412. The SMILES string of the molecule is COc1cccc(-n2cc(CC(C)O)nn2)c1. The van der Waals surface area contributed by atoms with Crippen molar-refractivity contribution in [2.24, 2.45) is 0 Å². The van der Waals surface area contributed by atoms with Gasteiger partial charge in [-0.05, 0) is 19.1 Å². The molecular formula is C12H15N3O2. The zero-order valence-corrected chi connectivity index (χ0v) is 9.87. The summed E-state index contributed by atoms with van der Waals surface area (Å²) in [7, 11) is 1.62. The molecule has 2 rings (SSSR count). The summed E-state index contributed by atoms with van der Waals surface area (Å²) in [5.41, 5.74) is 1.65. The zero-order chi connectivity index (χ0) is 12.3. The Balaban J connectivity index is 2.24. The van der Waals surface area contributed by atoms with Crippen LogP contribution in [0.2, 0.25) is 0 Å². The van der Waals surface area contributed by atoms with Crippen molar-refractivity contribution in [2.75, 3.05) is 7.11 Å². The summed E-state index contributed by atoms with van der Waals surface area (Å²) in [4.78, 5) is 0. The monoisotopic (exact) mass is 233 g/mol. The number of nitrogens with zero attached hydrogens (tertiary/aromatic N) is 3. The lowest BCUT2D eigenvalue weighted by Crippen LogP contribution is -2.04. The van der Waals surface area contributed by atoms with Gasteiger partial charge < -0.3 is 9.84 Å². The van der Waals surface area contributed by atoms with Gasteiger partial charge in [0.25, 0.3) is 0 Å². The molecule has 0 aliphatic heterocycles. The van der Waals surface area contributed by atoms with Gasteiger partial charge in [-0.25, -0.2) is 4.68 Å². The second kappa shape index (κ2) is 4.97. The first-order valence-corrected chi connectivity index (χ1v) is 5.43. The van der Waals surface area contributed by atoms with Crippen LogP contribution in [0.5, 0.6) is 5.75 Å². The molecule has 1 heterocycles. The smallest absolute Gasteiger partial charge is 0.121 e. The number of methoxy groups -OCH3 is 1. The molecule has 0 spiro atoms. The Morgan fingerprint density at radius 2 is 2.29 bits per heavy atom. The molecule has 17 heavy (non-hydrogen) atoms. The largest absolute Gasteiger partial charge is 0.497 e. The number of benzene rings is 1. The normalized spacial score (nSPS) is 12.4. The van der Waals surface area contributed by atoms with Crippen LogP contribution in [0.1, 0.15) is 12.6 Å². The van der Waals surface area contributed by atoms with Crippen molar-refractivity contribution >= 4 is 0 Å². The molecule has 1 atom stereocenters. The molecule has 1 unspecified atom stereocenters. The number of ether oxygens (including phenoxy) is 1. The second-order valence-electron chi connectivity index (χ2n) is 3.91. The van der Waals surface area contributed by atoms with Gasteiger partial charge in [-0.1, -0.05) is 11.3 Å². The Bertz CT molecular complexity index is 494. The third-order valence-corrected chi connectivity index (χ3v) is 2.36. The number of aromatic nitrogens is 3. The van der Waals surface area contributed by atoms with E-state index in [9.17, 15) is 5.11 Å². The fourth-order valence-corrected chi connectivity index (χ4v) is 1.57. The van der Waals surface area contributed by atoms with Crippen molar-refractivity contribution in [3.05, 3.63) is 36.2 Å². The molecule has 0 bridgehead atoms. The van der Waals surface area contributed by atoms with Gasteiger partial charge >= 0.3 is 0 Å². The van der Waals surface area contributed by atoms with Crippen LogP contribution in [0.15, 0.2) is 30.5 Å². The Kier molecular flexibility index (Phi) is 3.39. The van der Waals surface area contributed by atoms with Gasteiger partial charge in [0.1, 0.15) is 5.75 Å². The summed E-state index contributed by atoms with van der Waals surface area (Å²) in [6, 6.07) is 7.56. The fourth-order valence-electron chi connectivity index (χ4n) is 1.57. The van der Waals surface area contributed by atoms with Crippen molar-refractivity contribution in [1.82, 2.24) is 15.0 Å². The van der Waals surface area contributed by atoms with Crippen LogP contribution < -0.4 is 4.74 Å². The molecule has 0 saturated heterocycles. The predicted octanol–water partition coefficient (Wildman–Crippen LogP) is 1.20. The highest BCUT2D eigenvalue weighted by molar-refractivity contribution is 5.38. The first-order valence-electron chi connectivity index (χ1n) is 5.43. The molecular weight excluding hydrogens is 218 g/mol. The number of hydrogen-bond acceptors (Lipinski definition) is 4. The molecule has 0 saturated carbocycles. The Morgan fingerprint density at radius 1 is 1.47 bits per heavy atom. The molecule has 1 aromatic heterocycles. The summed E-state index contributed by atoms with van der Waals surface area (Å²) < 4.78 is 6.81. The van der Waals surface area contributed by atoms with Crippen LogP contribution in [-0.2, 0) is 6.42 Å². The lowest BCUT2D eigenvalue weighted by Gasteiger charge is -2.03. The maximum atomic E-state index is 9.27. The zero-order valence-electron chi connectivity index (χ0n) is 9.87. The van der Waals surface area contributed by atoms with Gasteiger partial charge in [-0.3, -0.25) is 0 Å². The van der Waals surface area contributed by atoms with Gasteiger partial charge in [0.15, 0.2) is 0 Å². The average molecular weight is 233 g/mol. The van der Waals surface area contributed by atoms with E-state index in [1.165, 1.54) is 0 Å². The van der Waals surface area contributed by atoms with Crippen molar-refractivity contribution < 1.29 is 9.84 Å². The quantitative estimate of drug-likeness (QED) is 0.862. The molecule has 2 aromatic rings. The topological polar surface area (TPSA) is 60.2 Å². The van der Waals surface area contributed by atoms with E-state index < -0.39 is 6.10 Å². The van der Waals surface area contributed by atoms with Crippen LogP contribution in [0.4, 0.5) is 0 Å². The van der Waals surface area contributed by atoms with E-state index in [1.54, 1.807) is 18.7 Å². The molecule has 0 amide bonds. The Morgan fingerprint density at radius 3 is 3.00 bits per heavy atom. The first kappa shape index (κ1) is 11.6. The molecule has 1 N–H and O–H groups in total. The molecule has 90 valence electrons. The van der Waals surface area contributed by atoms with E-state index in [-0.39, 0.29) is 0 Å². The van der Waals surface area contributed by atoms with Gasteiger partial charge in [-0.15, -0.1) is 5.10 Å². The van der Waals surface area contributed by atoms with Gasteiger partial charge in [0.05, 0.1) is 30.8 Å². The third kappa shape index (κ3) is 2.82.